The predicted molar refractivity (Wildman–Crippen MR) is 79.7 cm³/mol. The average molecular weight is 328 g/mol. The number of nitrogens with one attached hydrogen (secondary N) is 1. The van der Waals surface area contributed by atoms with Gasteiger partial charge in [0.1, 0.15) is 11.6 Å². The minimum absolute atomic E-state index is 0.227. The number of ether oxygens (including phenoxy) is 1. The molecule has 2 rings (SSSR count). The average Bonchev–Trinajstić information content (AvgIpc) is 2.90. The van der Waals surface area contributed by atoms with Gasteiger partial charge in [-0.2, -0.15) is 5.10 Å². The molecule has 1 heterocycles. The lowest BCUT2D eigenvalue weighted by atomic mass is 10.2. The van der Waals surface area contributed by atoms with E-state index in [-0.39, 0.29) is 10.6 Å². The van der Waals surface area contributed by atoms with Crippen LogP contribution in [-0.2, 0) is 11.3 Å². The Morgan fingerprint density at radius 3 is 3.05 bits per heavy atom. The number of methoxy groups -OCH3 is 1. The van der Waals surface area contributed by atoms with Crippen LogP contribution in [0.25, 0.3) is 0 Å². The highest BCUT2D eigenvalue weighted by Crippen LogP contribution is 2.29. The van der Waals surface area contributed by atoms with Crippen LogP contribution >= 0.6 is 11.6 Å². The standard InChI is InChI=1S/C14H15ClFN3O3/c1-22-6-2-4-19-5-3-12(18-19)17-14(21)10-7-9(16)8-11(15)13(10)20/h3,5,7-8,20H,2,4,6H2,1H3,(H,17,18,21). The van der Waals surface area contributed by atoms with Crippen molar-refractivity contribution in [2.75, 3.05) is 19.0 Å². The van der Waals surface area contributed by atoms with Crippen LogP contribution in [0.2, 0.25) is 5.02 Å². The Morgan fingerprint density at radius 2 is 2.32 bits per heavy atom. The van der Waals surface area contributed by atoms with Crippen LogP contribution in [0.15, 0.2) is 24.4 Å². The fourth-order valence-corrected chi connectivity index (χ4v) is 2.05. The van der Waals surface area contributed by atoms with E-state index in [0.29, 0.717) is 19.0 Å². The molecule has 0 atom stereocenters. The smallest absolute Gasteiger partial charge is 0.260 e. The fourth-order valence-electron chi connectivity index (χ4n) is 1.85. The normalized spacial score (nSPS) is 10.7. The first-order valence-corrected chi connectivity index (χ1v) is 6.91. The number of benzene rings is 1. The summed E-state index contributed by atoms with van der Waals surface area (Å²) in [5.41, 5.74) is -0.251. The summed E-state index contributed by atoms with van der Waals surface area (Å²) in [5, 5.41) is 16.1. The lowest BCUT2D eigenvalue weighted by Crippen LogP contribution is -2.13. The van der Waals surface area contributed by atoms with Crippen LogP contribution in [0.3, 0.4) is 0 Å². The van der Waals surface area contributed by atoms with Crippen molar-refractivity contribution in [1.29, 1.82) is 0 Å². The highest BCUT2D eigenvalue weighted by Gasteiger charge is 2.16. The number of aromatic hydroxyl groups is 1. The lowest BCUT2D eigenvalue weighted by Gasteiger charge is -2.06. The first-order valence-electron chi connectivity index (χ1n) is 6.53. The van der Waals surface area contributed by atoms with Gasteiger partial charge in [-0.15, -0.1) is 0 Å². The quantitative estimate of drug-likeness (QED) is 0.800. The molecule has 0 saturated heterocycles. The van der Waals surface area contributed by atoms with Gasteiger partial charge in [-0.25, -0.2) is 4.39 Å². The Kier molecular flexibility index (Phi) is 5.35. The highest BCUT2D eigenvalue weighted by molar-refractivity contribution is 6.32. The van der Waals surface area contributed by atoms with Crippen LogP contribution in [0.1, 0.15) is 16.8 Å². The van der Waals surface area contributed by atoms with E-state index in [1.807, 2.05) is 0 Å². The SMILES string of the molecule is COCCCn1ccc(NC(=O)c2cc(F)cc(Cl)c2O)n1. The van der Waals surface area contributed by atoms with E-state index >= 15 is 0 Å². The third-order valence-corrected chi connectivity index (χ3v) is 3.18. The first kappa shape index (κ1) is 16.3. The monoisotopic (exact) mass is 327 g/mol. The summed E-state index contributed by atoms with van der Waals surface area (Å²) >= 11 is 5.64. The topological polar surface area (TPSA) is 76.4 Å². The number of hydrogen-bond acceptors (Lipinski definition) is 4. The fraction of sp³-hybridized carbons (Fsp3) is 0.286. The van der Waals surface area contributed by atoms with E-state index in [2.05, 4.69) is 10.4 Å². The van der Waals surface area contributed by atoms with Crippen molar-refractivity contribution in [3.05, 3.63) is 40.8 Å². The van der Waals surface area contributed by atoms with Gasteiger partial charge in [0, 0.05) is 32.5 Å². The van der Waals surface area contributed by atoms with Gasteiger partial charge in [0.15, 0.2) is 5.82 Å². The summed E-state index contributed by atoms with van der Waals surface area (Å²) in [5.74, 6) is -1.58. The van der Waals surface area contributed by atoms with E-state index in [1.165, 1.54) is 0 Å². The maximum absolute atomic E-state index is 13.3. The number of aryl methyl sites for hydroxylation is 1. The third kappa shape index (κ3) is 3.96. The predicted octanol–water partition coefficient (Wildman–Crippen LogP) is 2.67. The van der Waals surface area contributed by atoms with Crippen LogP contribution in [0, 0.1) is 5.82 Å². The number of halogens is 2. The second-order valence-corrected chi connectivity index (χ2v) is 4.96. The van der Waals surface area contributed by atoms with Crippen molar-refractivity contribution < 1.29 is 19.0 Å². The van der Waals surface area contributed by atoms with E-state index in [1.54, 1.807) is 24.1 Å². The molecule has 0 fully saturated rings. The first-order chi connectivity index (χ1) is 10.5. The lowest BCUT2D eigenvalue weighted by molar-refractivity contribution is 0.102. The van der Waals surface area contributed by atoms with Crippen LogP contribution in [0.5, 0.6) is 5.75 Å². The summed E-state index contributed by atoms with van der Waals surface area (Å²) in [6, 6.07) is 3.44. The summed E-state index contributed by atoms with van der Waals surface area (Å²) in [7, 11) is 1.62. The van der Waals surface area contributed by atoms with Crippen molar-refractivity contribution in [3.8, 4) is 5.75 Å². The number of hydrogen-bond donors (Lipinski definition) is 2. The number of anilines is 1. The molecule has 118 valence electrons. The molecular formula is C14H15ClFN3O3. The summed E-state index contributed by atoms with van der Waals surface area (Å²) in [6.07, 6.45) is 2.48. The van der Waals surface area contributed by atoms with Crippen molar-refractivity contribution in [3.63, 3.8) is 0 Å². The minimum Gasteiger partial charge on any atom is -0.506 e. The Bertz CT molecular complexity index is 675. The number of carbonyl (C=O) groups excluding carboxylic acids is 1. The van der Waals surface area contributed by atoms with Crippen LogP contribution < -0.4 is 5.32 Å². The Morgan fingerprint density at radius 1 is 1.55 bits per heavy atom. The molecule has 1 aromatic carbocycles. The van der Waals surface area contributed by atoms with Crippen molar-refractivity contribution >= 4 is 23.3 Å². The van der Waals surface area contributed by atoms with E-state index in [4.69, 9.17) is 16.3 Å². The van der Waals surface area contributed by atoms with Gasteiger partial charge in [0.2, 0.25) is 0 Å². The van der Waals surface area contributed by atoms with Gasteiger partial charge in [0.05, 0.1) is 10.6 Å². The molecule has 2 N–H and O–H groups in total. The number of carbonyl (C=O) groups is 1. The van der Waals surface area contributed by atoms with Crippen molar-refractivity contribution in [2.45, 2.75) is 13.0 Å². The number of rotatable bonds is 6. The van der Waals surface area contributed by atoms with Gasteiger partial charge < -0.3 is 15.2 Å². The van der Waals surface area contributed by atoms with Gasteiger partial charge in [-0.1, -0.05) is 11.6 Å². The molecule has 8 heteroatoms. The molecule has 0 aliphatic heterocycles. The zero-order valence-corrected chi connectivity index (χ0v) is 12.6. The second-order valence-electron chi connectivity index (χ2n) is 4.55. The number of aromatic nitrogens is 2. The Hall–Kier alpha value is -2.12. The van der Waals surface area contributed by atoms with Crippen LogP contribution in [0.4, 0.5) is 10.2 Å². The molecule has 0 aliphatic rings. The summed E-state index contributed by atoms with van der Waals surface area (Å²) < 4.78 is 19.9. The van der Waals surface area contributed by atoms with E-state index in [0.717, 1.165) is 18.6 Å². The number of amides is 1. The van der Waals surface area contributed by atoms with Gasteiger partial charge in [-0.05, 0) is 18.6 Å². The number of phenolic OH excluding ortho intramolecular Hbond substituents is 1. The zero-order chi connectivity index (χ0) is 16.1. The molecule has 0 radical (unpaired) electrons. The molecule has 0 unspecified atom stereocenters. The zero-order valence-electron chi connectivity index (χ0n) is 11.8. The maximum Gasteiger partial charge on any atom is 0.260 e. The Balaban J connectivity index is 2.06. The molecule has 0 saturated carbocycles. The summed E-state index contributed by atoms with van der Waals surface area (Å²) in [6.45, 7) is 1.25. The maximum atomic E-state index is 13.3. The Labute approximate surface area is 131 Å². The molecule has 0 bridgehead atoms. The number of phenols is 1. The largest absolute Gasteiger partial charge is 0.506 e. The van der Waals surface area contributed by atoms with Gasteiger partial charge >= 0.3 is 0 Å². The second kappa shape index (κ2) is 7.24. The summed E-state index contributed by atoms with van der Waals surface area (Å²) in [4.78, 5) is 12.0. The van der Waals surface area contributed by atoms with Crippen molar-refractivity contribution in [1.82, 2.24) is 9.78 Å². The van der Waals surface area contributed by atoms with Gasteiger partial charge in [-0.3, -0.25) is 9.48 Å². The van der Waals surface area contributed by atoms with E-state index < -0.39 is 17.5 Å². The molecule has 2 aromatic rings. The molecule has 1 aromatic heterocycles. The molecular weight excluding hydrogens is 313 g/mol. The van der Waals surface area contributed by atoms with E-state index in [9.17, 15) is 14.3 Å². The minimum atomic E-state index is -0.710. The van der Waals surface area contributed by atoms with Gasteiger partial charge in [0.25, 0.3) is 5.91 Å². The molecule has 0 aliphatic carbocycles. The molecule has 0 spiro atoms. The molecule has 6 nitrogen and oxygen atoms in total. The third-order valence-electron chi connectivity index (χ3n) is 2.89. The van der Waals surface area contributed by atoms with Crippen LogP contribution in [-0.4, -0.2) is 34.5 Å². The number of nitrogens with zero attached hydrogens (tertiary/aromatic N) is 2. The highest BCUT2D eigenvalue weighted by atomic mass is 35.5. The molecule has 22 heavy (non-hydrogen) atoms. The molecule has 1 amide bonds. The van der Waals surface area contributed by atoms with Crippen molar-refractivity contribution in [2.24, 2.45) is 0 Å².